The Hall–Kier alpha value is 0.550. The summed E-state index contributed by atoms with van der Waals surface area (Å²) in [6.45, 7) is 2.21. The smallest absolute Gasteiger partial charge is 0.183 e. The summed E-state index contributed by atoms with van der Waals surface area (Å²) >= 11 is 8.66. The van der Waals surface area contributed by atoms with E-state index >= 15 is 0 Å². The molecule has 5 heteroatoms. The van der Waals surface area contributed by atoms with Gasteiger partial charge in [-0.1, -0.05) is 0 Å². The van der Waals surface area contributed by atoms with Gasteiger partial charge in [0.2, 0.25) is 0 Å². The zero-order valence-electron chi connectivity index (χ0n) is 7.72. The lowest BCUT2D eigenvalue weighted by Crippen LogP contribution is -2.33. The largest absolute Gasteiger partial charge is 0.451 e. The Morgan fingerprint density at radius 2 is 2.36 bits per heavy atom. The third kappa shape index (κ3) is 2.38. The lowest BCUT2D eigenvalue weighted by atomic mass is 10.2. The number of hydrogen-bond donors (Lipinski definition) is 1. The number of nitrogens with one attached hydrogen (secondary N) is 1. The summed E-state index contributed by atoms with van der Waals surface area (Å²) in [7, 11) is 0. The van der Waals surface area contributed by atoms with Crippen LogP contribution in [0.4, 0.5) is 0 Å². The molecular weight excluding hydrogens is 330 g/mol. The number of halogens is 2. The Morgan fingerprint density at radius 1 is 1.57 bits per heavy atom. The standard InChI is InChI=1S/C9H11Br2NOS/c1-5-2-3-14-9(12-5)7-4-6(10)8(11)13-7/h4-5,9,12H,2-3H2,1H3. The number of thioether (sulfide) groups is 1. The maximum atomic E-state index is 5.59. The second-order valence-electron chi connectivity index (χ2n) is 3.38. The molecule has 0 spiro atoms. The van der Waals surface area contributed by atoms with Crippen LogP contribution in [0.3, 0.4) is 0 Å². The molecule has 1 aliphatic rings. The van der Waals surface area contributed by atoms with Gasteiger partial charge in [0.1, 0.15) is 11.1 Å². The zero-order chi connectivity index (χ0) is 10.1. The first-order valence-corrected chi connectivity index (χ1v) is 7.12. The molecule has 2 rings (SSSR count). The molecule has 1 aromatic rings. The average molecular weight is 341 g/mol. The topological polar surface area (TPSA) is 25.2 Å². The van der Waals surface area contributed by atoms with E-state index in [0.29, 0.717) is 11.4 Å². The van der Waals surface area contributed by atoms with Gasteiger partial charge in [0, 0.05) is 6.04 Å². The molecule has 0 radical (unpaired) electrons. The lowest BCUT2D eigenvalue weighted by Gasteiger charge is -2.26. The van der Waals surface area contributed by atoms with Crippen molar-refractivity contribution in [3.63, 3.8) is 0 Å². The molecule has 1 aliphatic heterocycles. The summed E-state index contributed by atoms with van der Waals surface area (Å²) in [5.74, 6) is 2.18. The van der Waals surface area contributed by atoms with Crippen LogP contribution in [-0.4, -0.2) is 11.8 Å². The van der Waals surface area contributed by atoms with Crippen LogP contribution in [0.15, 0.2) is 19.6 Å². The Bertz CT molecular complexity index is 309. The Balaban J connectivity index is 2.14. The Kier molecular flexibility index (Phi) is 3.63. The van der Waals surface area contributed by atoms with Gasteiger partial charge in [0.15, 0.2) is 4.67 Å². The highest BCUT2D eigenvalue weighted by molar-refractivity contribution is 9.13. The highest BCUT2D eigenvalue weighted by Gasteiger charge is 2.23. The summed E-state index contributed by atoms with van der Waals surface area (Å²) in [4.78, 5) is 0. The quantitative estimate of drug-likeness (QED) is 0.838. The molecule has 0 bridgehead atoms. The van der Waals surface area contributed by atoms with Gasteiger partial charge in [-0.3, -0.25) is 5.32 Å². The summed E-state index contributed by atoms with van der Waals surface area (Å²) in [6, 6.07) is 2.59. The fraction of sp³-hybridized carbons (Fsp3) is 0.556. The van der Waals surface area contributed by atoms with Crippen LogP contribution in [0, 0.1) is 0 Å². The van der Waals surface area contributed by atoms with Crippen LogP contribution in [-0.2, 0) is 0 Å². The molecule has 78 valence electrons. The maximum absolute atomic E-state index is 5.59. The second-order valence-corrected chi connectivity index (χ2v) is 6.17. The number of rotatable bonds is 1. The third-order valence-electron chi connectivity index (χ3n) is 2.19. The number of furan rings is 1. The van der Waals surface area contributed by atoms with Crippen molar-refractivity contribution in [3.05, 3.63) is 21.0 Å². The SMILES string of the molecule is CC1CCSC(c2cc(Br)c(Br)o2)N1. The van der Waals surface area contributed by atoms with Gasteiger partial charge in [0.05, 0.1) is 4.47 Å². The highest BCUT2D eigenvalue weighted by Crippen LogP contribution is 2.36. The van der Waals surface area contributed by atoms with Crippen molar-refractivity contribution < 1.29 is 4.42 Å². The van der Waals surface area contributed by atoms with Gasteiger partial charge < -0.3 is 4.42 Å². The van der Waals surface area contributed by atoms with E-state index in [1.54, 1.807) is 0 Å². The van der Waals surface area contributed by atoms with Crippen LogP contribution in [0.25, 0.3) is 0 Å². The molecule has 1 saturated heterocycles. The first-order chi connectivity index (χ1) is 6.66. The average Bonchev–Trinajstić information content (AvgIpc) is 2.47. The maximum Gasteiger partial charge on any atom is 0.183 e. The van der Waals surface area contributed by atoms with E-state index in [-0.39, 0.29) is 0 Å². The zero-order valence-corrected chi connectivity index (χ0v) is 11.7. The summed E-state index contributed by atoms with van der Waals surface area (Å²) in [5.41, 5.74) is 0. The molecule has 2 atom stereocenters. The van der Waals surface area contributed by atoms with E-state index in [4.69, 9.17) is 4.42 Å². The molecule has 2 heterocycles. The van der Waals surface area contributed by atoms with E-state index in [1.807, 2.05) is 17.8 Å². The minimum Gasteiger partial charge on any atom is -0.451 e. The van der Waals surface area contributed by atoms with E-state index < -0.39 is 0 Å². The lowest BCUT2D eigenvalue weighted by molar-refractivity contribution is 0.424. The van der Waals surface area contributed by atoms with Crippen molar-refractivity contribution in [2.45, 2.75) is 24.8 Å². The van der Waals surface area contributed by atoms with Gasteiger partial charge in [-0.05, 0) is 57.0 Å². The van der Waals surface area contributed by atoms with Crippen LogP contribution in [0.1, 0.15) is 24.5 Å². The fourth-order valence-corrected chi connectivity index (χ4v) is 3.35. The van der Waals surface area contributed by atoms with E-state index in [2.05, 4.69) is 44.1 Å². The second kappa shape index (κ2) is 4.60. The monoisotopic (exact) mass is 339 g/mol. The molecule has 2 unspecified atom stereocenters. The van der Waals surface area contributed by atoms with Gasteiger partial charge in [0.25, 0.3) is 0 Å². The van der Waals surface area contributed by atoms with Crippen molar-refractivity contribution in [2.75, 3.05) is 5.75 Å². The summed E-state index contributed by atoms with van der Waals surface area (Å²) < 4.78 is 7.34. The van der Waals surface area contributed by atoms with Crippen molar-refractivity contribution in [3.8, 4) is 0 Å². The Labute approximate surface area is 104 Å². The van der Waals surface area contributed by atoms with Crippen molar-refractivity contribution in [2.24, 2.45) is 0 Å². The third-order valence-corrected chi connectivity index (χ3v) is 5.08. The molecule has 14 heavy (non-hydrogen) atoms. The summed E-state index contributed by atoms with van der Waals surface area (Å²) in [5, 5.41) is 3.79. The molecule has 0 aromatic carbocycles. The van der Waals surface area contributed by atoms with Gasteiger partial charge in [-0.25, -0.2) is 0 Å². The van der Waals surface area contributed by atoms with E-state index in [1.165, 1.54) is 12.2 Å². The molecule has 1 N–H and O–H groups in total. The molecule has 1 fully saturated rings. The van der Waals surface area contributed by atoms with Crippen LogP contribution < -0.4 is 5.32 Å². The van der Waals surface area contributed by atoms with Crippen LogP contribution in [0.2, 0.25) is 0 Å². The molecule has 0 saturated carbocycles. The molecular formula is C9H11Br2NOS. The minimum absolute atomic E-state index is 0.293. The van der Waals surface area contributed by atoms with E-state index in [9.17, 15) is 0 Å². The van der Waals surface area contributed by atoms with Gasteiger partial charge in [-0.15, -0.1) is 11.8 Å². The normalized spacial score (nSPS) is 27.9. The Morgan fingerprint density at radius 3 is 2.93 bits per heavy atom. The van der Waals surface area contributed by atoms with E-state index in [0.717, 1.165) is 14.9 Å². The van der Waals surface area contributed by atoms with Crippen molar-refractivity contribution in [1.82, 2.24) is 5.32 Å². The first kappa shape index (κ1) is 11.0. The van der Waals surface area contributed by atoms with Gasteiger partial charge in [-0.2, -0.15) is 0 Å². The predicted molar refractivity (Wildman–Crippen MR) is 66.5 cm³/mol. The molecule has 0 aliphatic carbocycles. The minimum atomic E-state index is 0.293. The van der Waals surface area contributed by atoms with Crippen LogP contribution in [0.5, 0.6) is 0 Å². The van der Waals surface area contributed by atoms with Crippen LogP contribution >= 0.6 is 43.6 Å². The van der Waals surface area contributed by atoms with Crippen molar-refractivity contribution >= 4 is 43.6 Å². The highest BCUT2D eigenvalue weighted by atomic mass is 79.9. The number of hydrogen-bond acceptors (Lipinski definition) is 3. The van der Waals surface area contributed by atoms with Crippen molar-refractivity contribution in [1.29, 1.82) is 0 Å². The predicted octanol–water partition coefficient (Wildman–Crippen LogP) is 3.92. The molecule has 1 aromatic heterocycles. The van der Waals surface area contributed by atoms with Gasteiger partial charge >= 0.3 is 0 Å². The summed E-state index contributed by atoms with van der Waals surface area (Å²) in [6.07, 6.45) is 1.23. The molecule has 0 amide bonds. The fourth-order valence-electron chi connectivity index (χ4n) is 1.41. The molecule has 2 nitrogen and oxygen atoms in total. The first-order valence-electron chi connectivity index (χ1n) is 4.49.